The maximum atomic E-state index is 13.4. The molecular weight excluding hydrogens is 199 g/mol. The SMILES string of the molecule is CC.CC.Cc1cc(F)c2c(c1)CCC2C. The van der Waals surface area contributed by atoms with Crippen molar-refractivity contribution in [2.75, 3.05) is 0 Å². The van der Waals surface area contributed by atoms with Crippen molar-refractivity contribution in [1.82, 2.24) is 0 Å². The molecule has 1 unspecified atom stereocenters. The van der Waals surface area contributed by atoms with Crippen LogP contribution in [-0.2, 0) is 6.42 Å². The van der Waals surface area contributed by atoms with Crippen LogP contribution < -0.4 is 0 Å². The first-order valence-corrected chi connectivity index (χ1v) is 6.47. The molecule has 1 heteroatoms. The van der Waals surface area contributed by atoms with E-state index in [0.29, 0.717) is 5.92 Å². The van der Waals surface area contributed by atoms with Crippen LogP contribution in [0.4, 0.5) is 4.39 Å². The molecule has 92 valence electrons. The molecule has 1 aromatic carbocycles. The van der Waals surface area contributed by atoms with E-state index in [1.54, 1.807) is 6.07 Å². The van der Waals surface area contributed by atoms with Gasteiger partial charge in [-0.1, -0.05) is 40.7 Å². The summed E-state index contributed by atoms with van der Waals surface area (Å²) < 4.78 is 13.4. The number of benzene rings is 1. The zero-order valence-corrected chi connectivity index (χ0v) is 11.5. The van der Waals surface area contributed by atoms with Gasteiger partial charge in [0.05, 0.1) is 0 Å². The summed E-state index contributed by atoms with van der Waals surface area (Å²) in [4.78, 5) is 0. The average molecular weight is 224 g/mol. The Morgan fingerprint density at radius 2 is 1.69 bits per heavy atom. The smallest absolute Gasteiger partial charge is 0.127 e. The van der Waals surface area contributed by atoms with Crippen LogP contribution in [0.15, 0.2) is 12.1 Å². The van der Waals surface area contributed by atoms with Crippen molar-refractivity contribution in [1.29, 1.82) is 0 Å². The predicted molar refractivity (Wildman–Crippen MR) is 70.6 cm³/mol. The molecule has 1 aliphatic carbocycles. The van der Waals surface area contributed by atoms with E-state index >= 15 is 0 Å². The monoisotopic (exact) mass is 224 g/mol. The number of aryl methyl sites for hydroxylation is 2. The summed E-state index contributed by atoms with van der Waals surface area (Å²) in [5, 5.41) is 0. The number of rotatable bonds is 0. The summed E-state index contributed by atoms with van der Waals surface area (Å²) in [6.07, 6.45) is 2.16. The van der Waals surface area contributed by atoms with E-state index in [1.807, 2.05) is 34.6 Å². The fraction of sp³-hybridized carbons (Fsp3) is 0.600. The van der Waals surface area contributed by atoms with Crippen molar-refractivity contribution >= 4 is 0 Å². The largest absolute Gasteiger partial charge is 0.207 e. The second-order valence-corrected chi connectivity index (χ2v) is 3.76. The Morgan fingerprint density at radius 3 is 2.25 bits per heavy atom. The molecule has 0 saturated heterocycles. The van der Waals surface area contributed by atoms with Gasteiger partial charge in [-0.3, -0.25) is 0 Å². The van der Waals surface area contributed by atoms with Crippen LogP contribution >= 0.6 is 0 Å². The molecule has 0 bridgehead atoms. The molecule has 1 atom stereocenters. The molecule has 0 amide bonds. The zero-order valence-electron chi connectivity index (χ0n) is 11.5. The lowest BCUT2D eigenvalue weighted by atomic mass is 10.0. The van der Waals surface area contributed by atoms with Crippen LogP contribution in [0.2, 0.25) is 0 Å². The topological polar surface area (TPSA) is 0 Å². The maximum Gasteiger partial charge on any atom is 0.127 e. The number of hydrogen-bond acceptors (Lipinski definition) is 0. The molecule has 0 heterocycles. The molecule has 1 aromatic rings. The Balaban J connectivity index is 0.000000509. The maximum absolute atomic E-state index is 13.4. The first-order valence-electron chi connectivity index (χ1n) is 6.47. The van der Waals surface area contributed by atoms with Crippen LogP contribution in [0, 0.1) is 12.7 Å². The van der Waals surface area contributed by atoms with Gasteiger partial charge in [-0.15, -0.1) is 0 Å². The minimum absolute atomic E-state index is 0.00463. The van der Waals surface area contributed by atoms with E-state index in [9.17, 15) is 4.39 Å². The highest BCUT2D eigenvalue weighted by Gasteiger charge is 2.22. The van der Waals surface area contributed by atoms with Crippen molar-refractivity contribution in [2.24, 2.45) is 0 Å². The highest BCUT2D eigenvalue weighted by atomic mass is 19.1. The lowest BCUT2D eigenvalue weighted by molar-refractivity contribution is 0.594. The van der Waals surface area contributed by atoms with Gasteiger partial charge in [0.1, 0.15) is 5.82 Å². The quantitative estimate of drug-likeness (QED) is 0.565. The van der Waals surface area contributed by atoms with Gasteiger partial charge in [0.15, 0.2) is 0 Å². The molecule has 0 radical (unpaired) electrons. The van der Waals surface area contributed by atoms with Crippen LogP contribution in [0.25, 0.3) is 0 Å². The molecule has 0 nitrogen and oxygen atoms in total. The van der Waals surface area contributed by atoms with Gasteiger partial charge in [0.25, 0.3) is 0 Å². The van der Waals surface area contributed by atoms with E-state index < -0.39 is 0 Å². The highest BCUT2D eigenvalue weighted by Crippen LogP contribution is 2.34. The first kappa shape index (κ1) is 15.2. The third-order valence-corrected chi connectivity index (χ3v) is 2.70. The van der Waals surface area contributed by atoms with Crippen molar-refractivity contribution < 1.29 is 4.39 Å². The fourth-order valence-corrected chi connectivity index (χ4v) is 2.10. The molecule has 1 aliphatic rings. The van der Waals surface area contributed by atoms with Gasteiger partial charge < -0.3 is 0 Å². The van der Waals surface area contributed by atoms with Crippen molar-refractivity contribution in [2.45, 2.75) is 60.3 Å². The van der Waals surface area contributed by atoms with Crippen LogP contribution in [0.5, 0.6) is 0 Å². The lowest BCUT2D eigenvalue weighted by Gasteiger charge is -2.06. The molecule has 16 heavy (non-hydrogen) atoms. The molecule has 0 aliphatic heterocycles. The Kier molecular flexibility index (Phi) is 7.03. The Bertz CT molecular complexity index is 315. The number of fused-ring (bicyclic) bond motifs is 1. The third kappa shape index (κ3) is 3.33. The minimum Gasteiger partial charge on any atom is -0.207 e. The van der Waals surface area contributed by atoms with Gasteiger partial charge in [-0.05, 0) is 48.4 Å². The molecular formula is C15H25F. The van der Waals surface area contributed by atoms with Crippen LogP contribution in [-0.4, -0.2) is 0 Å². The van der Waals surface area contributed by atoms with Gasteiger partial charge in [-0.25, -0.2) is 4.39 Å². The van der Waals surface area contributed by atoms with Crippen LogP contribution in [0.3, 0.4) is 0 Å². The summed E-state index contributed by atoms with van der Waals surface area (Å²) in [5.41, 5.74) is 3.22. The average Bonchev–Trinajstić information content (AvgIpc) is 2.66. The third-order valence-electron chi connectivity index (χ3n) is 2.70. The molecule has 0 spiro atoms. The fourth-order valence-electron chi connectivity index (χ4n) is 2.10. The van der Waals surface area contributed by atoms with Crippen molar-refractivity contribution in [3.63, 3.8) is 0 Å². The van der Waals surface area contributed by atoms with E-state index in [2.05, 4.69) is 13.0 Å². The Labute approximate surface area is 99.9 Å². The summed E-state index contributed by atoms with van der Waals surface area (Å²) in [6.45, 7) is 12.1. The number of halogens is 1. The summed E-state index contributed by atoms with van der Waals surface area (Å²) in [7, 11) is 0. The van der Waals surface area contributed by atoms with Gasteiger partial charge in [-0.2, -0.15) is 0 Å². The second kappa shape index (κ2) is 7.43. The molecule has 2 rings (SSSR count). The van der Waals surface area contributed by atoms with Crippen molar-refractivity contribution in [3.8, 4) is 0 Å². The van der Waals surface area contributed by atoms with Crippen molar-refractivity contribution in [3.05, 3.63) is 34.6 Å². The summed E-state index contributed by atoms with van der Waals surface area (Å²) in [6, 6.07) is 3.75. The first-order chi connectivity index (χ1) is 7.68. The van der Waals surface area contributed by atoms with E-state index in [-0.39, 0.29) is 5.82 Å². The Hall–Kier alpha value is -0.850. The highest BCUT2D eigenvalue weighted by molar-refractivity contribution is 5.38. The number of hydrogen-bond donors (Lipinski definition) is 0. The van der Waals surface area contributed by atoms with Gasteiger partial charge >= 0.3 is 0 Å². The van der Waals surface area contributed by atoms with Crippen LogP contribution in [0.1, 0.15) is 63.6 Å². The minimum atomic E-state index is -0.00463. The molecule has 0 fully saturated rings. The van der Waals surface area contributed by atoms with Gasteiger partial charge in [0.2, 0.25) is 0 Å². The zero-order chi connectivity index (χ0) is 12.7. The predicted octanol–water partition coefficient (Wildman–Crippen LogP) is 5.24. The van der Waals surface area contributed by atoms with Gasteiger partial charge in [0, 0.05) is 0 Å². The normalized spacial score (nSPS) is 16.6. The standard InChI is InChI=1S/C11H13F.2C2H6/c1-7-5-9-4-3-8(2)11(9)10(12)6-7;2*1-2/h5-6,8H,3-4H2,1-2H3;2*1-2H3. The Morgan fingerprint density at radius 1 is 1.12 bits per heavy atom. The second-order valence-electron chi connectivity index (χ2n) is 3.76. The van der Waals surface area contributed by atoms with E-state index in [0.717, 1.165) is 24.0 Å². The molecule has 0 aromatic heterocycles. The summed E-state index contributed by atoms with van der Waals surface area (Å²) in [5.74, 6) is 0.413. The summed E-state index contributed by atoms with van der Waals surface area (Å²) >= 11 is 0. The molecule has 0 N–H and O–H groups in total. The van der Waals surface area contributed by atoms with E-state index in [1.165, 1.54) is 5.56 Å². The lowest BCUT2D eigenvalue weighted by Crippen LogP contribution is -1.93. The molecule has 0 saturated carbocycles. The van der Waals surface area contributed by atoms with E-state index in [4.69, 9.17) is 0 Å².